The van der Waals surface area contributed by atoms with Crippen molar-refractivity contribution in [3.63, 3.8) is 0 Å². The standard InChI is InChI=1S/C20H24N6O2/c1-23(2)14-15-5-6-18(21-13-15)24-8-10-25(11-9-24)19(27)17-12-16-4-3-7-26(16)20(28)22-17/h3-7,12-13H,8-11,14H2,1-2H3,(H,22,28). The molecule has 8 heteroatoms. The van der Waals surface area contributed by atoms with Gasteiger partial charge in [0.2, 0.25) is 0 Å². The highest BCUT2D eigenvalue weighted by Gasteiger charge is 2.24. The predicted molar refractivity (Wildman–Crippen MR) is 108 cm³/mol. The van der Waals surface area contributed by atoms with Crippen LogP contribution in [-0.4, -0.2) is 70.4 Å². The van der Waals surface area contributed by atoms with Crippen molar-refractivity contribution in [1.29, 1.82) is 0 Å². The van der Waals surface area contributed by atoms with Crippen LogP contribution >= 0.6 is 0 Å². The van der Waals surface area contributed by atoms with Crippen molar-refractivity contribution in [1.82, 2.24) is 24.2 Å². The van der Waals surface area contributed by atoms with Crippen molar-refractivity contribution in [2.45, 2.75) is 6.54 Å². The summed E-state index contributed by atoms with van der Waals surface area (Å²) in [5.74, 6) is 0.785. The topological polar surface area (TPSA) is 77.0 Å². The van der Waals surface area contributed by atoms with Gasteiger partial charge in [0.25, 0.3) is 5.91 Å². The van der Waals surface area contributed by atoms with E-state index in [4.69, 9.17) is 0 Å². The second-order valence-electron chi connectivity index (χ2n) is 7.33. The largest absolute Gasteiger partial charge is 0.353 e. The van der Waals surface area contributed by atoms with E-state index in [1.165, 1.54) is 9.96 Å². The maximum atomic E-state index is 12.8. The van der Waals surface area contributed by atoms with Gasteiger partial charge in [-0.25, -0.2) is 9.78 Å². The number of carbonyl (C=O) groups is 1. The van der Waals surface area contributed by atoms with Crippen molar-refractivity contribution in [2.75, 3.05) is 45.2 Å². The van der Waals surface area contributed by atoms with E-state index in [1.807, 2.05) is 32.4 Å². The molecule has 146 valence electrons. The molecule has 1 saturated heterocycles. The summed E-state index contributed by atoms with van der Waals surface area (Å²) < 4.78 is 1.49. The van der Waals surface area contributed by atoms with Crippen LogP contribution in [0.3, 0.4) is 0 Å². The highest BCUT2D eigenvalue weighted by atomic mass is 16.2. The van der Waals surface area contributed by atoms with Crippen molar-refractivity contribution in [3.05, 3.63) is 64.5 Å². The Labute approximate surface area is 163 Å². The van der Waals surface area contributed by atoms with Gasteiger partial charge in [-0.05, 0) is 43.9 Å². The number of hydrogen-bond donors (Lipinski definition) is 1. The van der Waals surface area contributed by atoms with Crippen LogP contribution in [0.5, 0.6) is 0 Å². The quantitative estimate of drug-likeness (QED) is 0.732. The number of nitrogens with one attached hydrogen (secondary N) is 1. The Morgan fingerprint density at radius 3 is 2.64 bits per heavy atom. The molecule has 0 radical (unpaired) electrons. The fourth-order valence-electron chi connectivity index (χ4n) is 3.54. The number of carbonyl (C=O) groups excluding carboxylic acids is 1. The minimum Gasteiger partial charge on any atom is -0.353 e. The molecule has 1 aliphatic heterocycles. The smallest absolute Gasteiger partial charge is 0.330 e. The van der Waals surface area contributed by atoms with E-state index in [-0.39, 0.29) is 11.6 Å². The molecular weight excluding hydrogens is 356 g/mol. The lowest BCUT2D eigenvalue weighted by atomic mass is 10.2. The highest BCUT2D eigenvalue weighted by molar-refractivity contribution is 5.93. The van der Waals surface area contributed by atoms with Gasteiger partial charge >= 0.3 is 5.69 Å². The summed E-state index contributed by atoms with van der Waals surface area (Å²) in [5, 5.41) is 0. The first-order valence-corrected chi connectivity index (χ1v) is 9.35. The maximum absolute atomic E-state index is 12.8. The molecule has 1 aliphatic rings. The van der Waals surface area contributed by atoms with E-state index in [0.29, 0.717) is 37.4 Å². The zero-order valence-electron chi connectivity index (χ0n) is 16.1. The molecule has 0 unspecified atom stereocenters. The number of piperazine rings is 1. The molecular formula is C20H24N6O2. The number of rotatable bonds is 4. The summed E-state index contributed by atoms with van der Waals surface area (Å²) in [4.78, 5) is 38.2. The van der Waals surface area contributed by atoms with Gasteiger partial charge in [-0.2, -0.15) is 0 Å². The van der Waals surface area contributed by atoms with Crippen molar-refractivity contribution >= 4 is 17.2 Å². The molecule has 28 heavy (non-hydrogen) atoms. The van der Waals surface area contributed by atoms with Gasteiger partial charge in [0, 0.05) is 45.1 Å². The van der Waals surface area contributed by atoms with Crippen LogP contribution in [0.15, 0.2) is 47.5 Å². The number of nitrogens with zero attached hydrogens (tertiary/aromatic N) is 5. The fourth-order valence-corrected chi connectivity index (χ4v) is 3.54. The molecule has 0 aliphatic carbocycles. The number of anilines is 1. The first kappa shape index (κ1) is 18.2. The number of aromatic amines is 1. The van der Waals surface area contributed by atoms with Crippen molar-refractivity contribution in [2.24, 2.45) is 0 Å². The Morgan fingerprint density at radius 1 is 1.18 bits per heavy atom. The number of hydrogen-bond acceptors (Lipinski definition) is 5. The molecule has 0 saturated carbocycles. The molecule has 4 heterocycles. The van der Waals surface area contributed by atoms with E-state index in [9.17, 15) is 9.59 Å². The van der Waals surface area contributed by atoms with Crippen LogP contribution in [0.25, 0.3) is 5.52 Å². The third-order valence-electron chi connectivity index (χ3n) is 4.96. The minimum absolute atomic E-state index is 0.144. The number of pyridine rings is 1. The SMILES string of the molecule is CN(C)Cc1ccc(N2CCN(C(=O)c3cc4cccn4c(=O)[nH]3)CC2)nc1. The van der Waals surface area contributed by atoms with Crippen LogP contribution in [0.4, 0.5) is 5.82 Å². The Morgan fingerprint density at radius 2 is 1.96 bits per heavy atom. The molecule has 1 fully saturated rings. The normalized spacial score (nSPS) is 14.8. The van der Waals surface area contributed by atoms with E-state index < -0.39 is 0 Å². The van der Waals surface area contributed by atoms with Gasteiger partial charge in [0.15, 0.2) is 0 Å². The lowest BCUT2D eigenvalue weighted by Crippen LogP contribution is -2.49. The summed E-state index contributed by atoms with van der Waals surface area (Å²) in [5.41, 5.74) is 1.92. The monoisotopic (exact) mass is 380 g/mol. The third kappa shape index (κ3) is 3.63. The molecule has 0 atom stereocenters. The number of aromatic nitrogens is 3. The Hall–Kier alpha value is -3.13. The van der Waals surface area contributed by atoms with Crippen LogP contribution < -0.4 is 10.6 Å². The Bertz CT molecular complexity index is 1030. The average molecular weight is 380 g/mol. The number of H-pyrrole nitrogens is 1. The summed E-state index contributed by atoms with van der Waals surface area (Å²) >= 11 is 0. The zero-order chi connectivity index (χ0) is 19.7. The number of amides is 1. The predicted octanol–water partition coefficient (Wildman–Crippen LogP) is 1.05. The van der Waals surface area contributed by atoms with Gasteiger partial charge in [0.1, 0.15) is 11.5 Å². The molecule has 3 aromatic heterocycles. The zero-order valence-corrected chi connectivity index (χ0v) is 16.1. The van der Waals surface area contributed by atoms with Crippen molar-refractivity contribution in [3.8, 4) is 0 Å². The second-order valence-corrected chi connectivity index (χ2v) is 7.33. The fraction of sp³-hybridized carbons (Fsp3) is 0.350. The van der Waals surface area contributed by atoms with E-state index in [1.54, 1.807) is 23.2 Å². The highest BCUT2D eigenvalue weighted by Crippen LogP contribution is 2.16. The lowest BCUT2D eigenvalue weighted by molar-refractivity contribution is 0.0740. The van der Waals surface area contributed by atoms with E-state index in [0.717, 1.165) is 12.4 Å². The van der Waals surface area contributed by atoms with Crippen LogP contribution in [0, 0.1) is 0 Å². The van der Waals surface area contributed by atoms with E-state index in [2.05, 4.69) is 25.8 Å². The first-order chi connectivity index (χ1) is 13.5. The maximum Gasteiger partial charge on any atom is 0.330 e. The Kier molecular flexibility index (Phi) is 4.87. The molecule has 4 rings (SSSR count). The molecule has 0 bridgehead atoms. The van der Waals surface area contributed by atoms with Gasteiger partial charge in [-0.3, -0.25) is 9.20 Å². The van der Waals surface area contributed by atoms with Crippen LogP contribution in [-0.2, 0) is 6.54 Å². The summed E-state index contributed by atoms with van der Waals surface area (Å²) in [6, 6.07) is 9.46. The molecule has 8 nitrogen and oxygen atoms in total. The van der Waals surface area contributed by atoms with Gasteiger partial charge < -0.3 is 19.7 Å². The summed E-state index contributed by atoms with van der Waals surface area (Å²) in [6.45, 7) is 3.47. The first-order valence-electron chi connectivity index (χ1n) is 9.35. The van der Waals surface area contributed by atoms with Crippen LogP contribution in [0.2, 0.25) is 0 Å². The molecule has 0 aromatic carbocycles. The molecule has 1 amide bonds. The molecule has 0 spiro atoms. The third-order valence-corrected chi connectivity index (χ3v) is 4.96. The molecule has 3 aromatic rings. The lowest BCUT2D eigenvalue weighted by Gasteiger charge is -2.35. The van der Waals surface area contributed by atoms with Crippen LogP contribution in [0.1, 0.15) is 16.1 Å². The molecule has 1 N–H and O–H groups in total. The second kappa shape index (κ2) is 7.47. The average Bonchev–Trinajstić information content (AvgIpc) is 3.17. The minimum atomic E-state index is -0.300. The van der Waals surface area contributed by atoms with Gasteiger partial charge in [-0.1, -0.05) is 6.07 Å². The van der Waals surface area contributed by atoms with Gasteiger partial charge in [0.05, 0.1) is 5.52 Å². The summed E-state index contributed by atoms with van der Waals surface area (Å²) in [6.07, 6.45) is 3.59. The van der Waals surface area contributed by atoms with E-state index >= 15 is 0 Å². The Balaban J connectivity index is 1.41. The summed E-state index contributed by atoms with van der Waals surface area (Å²) in [7, 11) is 4.07. The van der Waals surface area contributed by atoms with Gasteiger partial charge in [-0.15, -0.1) is 0 Å². The van der Waals surface area contributed by atoms with Crippen molar-refractivity contribution < 1.29 is 4.79 Å². The number of fused-ring (bicyclic) bond motifs is 1.